The number of nitrogens with zero attached hydrogens (tertiary/aromatic N) is 1. The van der Waals surface area contributed by atoms with E-state index in [0.717, 1.165) is 24.4 Å². The van der Waals surface area contributed by atoms with Gasteiger partial charge in [0.15, 0.2) is 0 Å². The van der Waals surface area contributed by atoms with Crippen molar-refractivity contribution in [3.63, 3.8) is 0 Å². The summed E-state index contributed by atoms with van der Waals surface area (Å²) >= 11 is 6.18. The van der Waals surface area contributed by atoms with Crippen molar-refractivity contribution < 1.29 is 9.90 Å². The summed E-state index contributed by atoms with van der Waals surface area (Å²) < 4.78 is 2.00. The van der Waals surface area contributed by atoms with E-state index in [1.54, 1.807) is 0 Å². The Hall–Kier alpha value is -0.960. The van der Waals surface area contributed by atoms with E-state index in [1.165, 1.54) is 0 Å². The van der Waals surface area contributed by atoms with Crippen molar-refractivity contribution in [2.24, 2.45) is 0 Å². The lowest BCUT2D eigenvalue weighted by Gasteiger charge is -2.14. The van der Waals surface area contributed by atoms with Crippen LogP contribution in [0.2, 0.25) is 5.02 Å². The third kappa shape index (κ3) is 1.96. The minimum Gasteiger partial charge on any atom is -0.478 e. The normalized spacial score (nSPS) is 12.8. The Balaban J connectivity index is 3.48. The van der Waals surface area contributed by atoms with Gasteiger partial charge < -0.3 is 9.67 Å². The fraction of sp³-hybridized carbons (Fsp3) is 0.583. The molecular formula is C12H18ClNO2. The third-order valence-electron chi connectivity index (χ3n) is 3.11. The van der Waals surface area contributed by atoms with Crippen LogP contribution < -0.4 is 0 Å². The average molecular weight is 244 g/mol. The Morgan fingerprint density at radius 2 is 2.06 bits per heavy atom. The maximum Gasteiger partial charge on any atom is 0.339 e. The Morgan fingerprint density at radius 1 is 1.50 bits per heavy atom. The van der Waals surface area contributed by atoms with E-state index in [9.17, 15) is 4.79 Å². The zero-order chi connectivity index (χ0) is 12.5. The van der Waals surface area contributed by atoms with E-state index >= 15 is 0 Å². The molecule has 90 valence electrons. The monoisotopic (exact) mass is 243 g/mol. The standard InChI is InChI=1S/C12H18ClNO2/c1-5-7(3)11-10(13)9(12(15)16)8(4)14(11)6-2/h7H,5-6H2,1-4H3,(H,15,16). The van der Waals surface area contributed by atoms with E-state index in [0.29, 0.717) is 5.02 Å². The molecule has 1 atom stereocenters. The van der Waals surface area contributed by atoms with Crippen LogP contribution >= 0.6 is 11.6 Å². The smallest absolute Gasteiger partial charge is 0.339 e. The van der Waals surface area contributed by atoms with Gasteiger partial charge in [-0.05, 0) is 26.2 Å². The molecule has 1 aromatic rings. The number of halogens is 1. The van der Waals surface area contributed by atoms with Gasteiger partial charge in [-0.25, -0.2) is 4.79 Å². The lowest BCUT2D eigenvalue weighted by molar-refractivity contribution is 0.0696. The number of carboxylic acids is 1. The van der Waals surface area contributed by atoms with Crippen LogP contribution in [-0.4, -0.2) is 15.6 Å². The Bertz CT molecular complexity index is 410. The molecule has 0 saturated heterocycles. The molecule has 0 aliphatic heterocycles. The summed E-state index contributed by atoms with van der Waals surface area (Å²) in [6.07, 6.45) is 0.947. The van der Waals surface area contributed by atoms with Crippen LogP contribution in [0.3, 0.4) is 0 Å². The van der Waals surface area contributed by atoms with E-state index in [4.69, 9.17) is 16.7 Å². The van der Waals surface area contributed by atoms with Crippen molar-refractivity contribution in [2.75, 3.05) is 0 Å². The molecule has 0 saturated carbocycles. The van der Waals surface area contributed by atoms with Crippen LogP contribution in [0.1, 0.15) is 54.9 Å². The van der Waals surface area contributed by atoms with E-state index in [2.05, 4.69) is 13.8 Å². The largest absolute Gasteiger partial charge is 0.478 e. The molecule has 0 radical (unpaired) electrons. The van der Waals surface area contributed by atoms with Crippen LogP contribution in [0.4, 0.5) is 0 Å². The molecule has 1 N–H and O–H groups in total. The molecule has 0 aliphatic carbocycles. The number of rotatable bonds is 4. The van der Waals surface area contributed by atoms with Crippen LogP contribution in [0.25, 0.3) is 0 Å². The fourth-order valence-corrected chi connectivity index (χ4v) is 2.56. The Kier molecular flexibility index (Phi) is 4.03. The number of hydrogen-bond acceptors (Lipinski definition) is 1. The SMILES string of the molecule is CCC(C)c1c(Cl)c(C(=O)O)c(C)n1CC. The van der Waals surface area contributed by atoms with Gasteiger partial charge in [-0.15, -0.1) is 0 Å². The molecule has 4 heteroatoms. The van der Waals surface area contributed by atoms with Gasteiger partial charge in [0.25, 0.3) is 0 Å². The zero-order valence-corrected chi connectivity index (χ0v) is 10.9. The molecule has 0 bridgehead atoms. The van der Waals surface area contributed by atoms with Gasteiger partial charge in [-0.1, -0.05) is 25.4 Å². The first-order valence-electron chi connectivity index (χ1n) is 5.57. The molecule has 0 aliphatic rings. The fourth-order valence-electron chi connectivity index (χ4n) is 2.05. The van der Waals surface area contributed by atoms with E-state index in [1.807, 2.05) is 18.4 Å². The number of carboxylic acid groups (broad SMARTS) is 1. The number of aromatic carboxylic acids is 1. The first-order chi connectivity index (χ1) is 7.45. The number of aromatic nitrogens is 1. The highest BCUT2D eigenvalue weighted by Crippen LogP contribution is 2.34. The number of hydrogen-bond donors (Lipinski definition) is 1. The van der Waals surface area contributed by atoms with Gasteiger partial charge in [0.2, 0.25) is 0 Å². The summed E-state index contributed by atoms with van der Waals surface area (Å²) in [6, 6.07) is 0. The van der Waals surface area contributed by atoms with Gasteiger partial charge in [-0.3, -0.25) is 0 Å². The van der Waals surface area contributed by atoms with Gasteiger partial charge >= 0.3 is 5.97 Å². The summed E-state index contributed by atoms with van der Waals surface area (Å²) in [7, 11) is 0. The topological polar surface area (TPSA) is 42.2 Å². The molecule has 16 heavy (non-hydrogen) atoms. The highest BCUT2D eigenvalue weighted by Gasteiger charge is 2.25. The van der Waals surface area contributed by atoms with Gasteiger partial charge in [0.05, 0.1) is 10.6 Å². The quantitative estimate of drug-likeness (QED) is 0.877. The van der Waals surface area contributed by atoms with E-state index in [-0.39, 0.29) is 11.5 Å². The lowest BCUT2D eigenvalue weighted by Crippen LogP contribution is -2.06. The van der Waals surface area contributed by atoms with E-state index < -0.39 is 5.97 Å². The third-order valence-corrected chi connectivity index (χ3v) is 3.49. The Labute approximate surface area is 101 Å². The zero-order valence-electron chi connectivity index (χ0n) is 10.2. The highest BCUT2D eigenvalue weighted by atomic mass is 35.5. The molecule has 0 amide bonds. The molecule has 0 aromatic carbocycles. The lowest BCUT2D eigenvalue weighted by atomic mass is 10.0. The molecule has 1 unspecified atom stereocenters. The van der Waals surface area contributed by atoms with Crippen molar-refractivity contribution in [2.45, 2.75) is 46.6 Å². The van der Waals surface area contributed by atoms with Crippen LogP contribution in [0, 0.1) is 6.92 Å². The first-order valence-corrected chi connectivity index (χ1v) is 5.95. The second kappa shape index (κ2) is 4.91. The summed E-state index contributed by atoms with van der Waals surface area (Å²) in [5.41, 5.74) is 1.94. The molecular weight excluding hydrogens is 226 g/mol. The molecule has 3 nitrogen and oxygen atoms in total. The minimum absolute atomic E-state index is 0.249. The molecule has 1 heterocycles. The minimum atomic E-state index is -0.945. The summed E-state index contributed by atoms with van der Waals surface area (Å²) in [6.45, 7) is 8.70. The first kappa shape index (κ1) is 13.1. The average Bonchev–Trinajstić information content (AvgIpc) is 2.48. The highest BCUT2D eigenvalue weighted by molar-refractivity contribution is 6.34. The molecule has 0 fully saturated rings. The van der Waals surface area contributed by atoms with Crippen LogP contribution in [0.5, 0.6) is 0 Å². The predicted molar refractivity (Wildman–Crippen MR) is 65.5 cm³/mol. The summed E-state index contributed by atoms with van der Waals surface area (Å²) in [5, 5.41) is 9.54. The molecule has 1 rings (SSSR count). The Morgan fingerprint density at radius 3 is 2.44 bits per heavy atom. The molecule has 0 spiro atoms. The van der Waals surface area contributed by atoms with Crippen molar-refractivity contribution in [3.05, 3.63) is 22.0 Å². The van der Waals surface area contributed by atoms with Crippen LogP contribution in [0.15, 0.2) is 0 Å². The maximum atomic E-state index is 11.1. The maximum absolute atomic E-state index is 11.1. The van der Waals surface area contributed by atoms with Crippen molar-refractivity contribution in [1.29, 1.82) is 0 Å². The van der Waals surface area contributed by atoms with Gasteiger partial charge in [-0.2, -0.15) is 0 Å². The van der Waals surface area contributed by atoms with Gasteiger partial charge in [0, 0.05) is 17.9 Å². The summed E-state index contributed by atoms with van der Waals surface area (Å²) in [5.74, 6) is -0.668. The van der Waals surface area contributed by atoms with Gasteiger partial charge in [0.1, 0.15) is 0 Å². The predicted octanol–water partition coefficient (Wildman–Crippen LogP) is 3.68. The number of carbonyl (C=O) groups is 1. The van der Waals surface area contributed by atoms with Crippen molar-refractivity contribution in [1.82, 2.24) is 4.57 Å². The van der Waals surface area contributed by atoms with Crippen LogP contribution in [-0.2, 0) is 6.54 Å². The molecule has 1 aromatic heterocycles. The second-order valence-electron chi connectivity index (χ2n) is 4.02. The second-order valence-corrected chi connectivity index (χ2v) is 4.40. The van der Waals surface area contributed by atoms with Crippen molar-refractivity contribution >= 4 is 17.6 Å². The summed E-state index contributed by atoms with van der Waals surface area (Å²) in [4.78, 5) is 11.1. The van der Waals surface area contributed by atoms with Crippen molar-refractivity contribution in [3.8, 4) is 0 Å².